The largest absolute Gasteiger partial charge is 0.494 e. The number of hydrogen-bond donors (Lipinski definition) is 1. The fourth-order valence-corrected chi connectivity index (χ4v) is 2.23. The number of rotatable bonds is 6. The highest BCUT2D eigenvalue weighted by atomic mass is 16.5. The second-order valence-corrected chi connectivity index (χ2v) is 6.79. The third-order valence-corrected chi connectivity index (χ3v) is 3.21. The Morgan fingerprint density at radius 2 is 1.62 bits per heavy atom. The Balaban J connectivity index is 2.09. The van der Waals surface area contributed by atoms with E-state index in [0.717, 1.165) is 5.75 Å². The molecule has 0 fully saturated rings. The number of para-hydroxylation sites is 2. The van der Waals surface area contributed by atoms with E-state index < -0.39 is 0 Å². The summed E-state index contributed by atoms with van der Waals surface area (Å²) in [4.78, 5) is 12.2. The van der Waals surface area contributed by atoms with Crippen LogP contribution in [0.15, 0.2) is 48.5 Å². The highest BCUT2D eigenvalue weighted by Crippen LogP contribution is 2.31. The van der Waals surface area contributed by atoms with Crippen LogP contribution >= 0.6 is 0 Å². The van der Waals surface area contributed by atoms with E-state index in [9.17, 15) is 4.79 Å². The van der Waals surface area contributed by atoms with E-state index in [1.165, 1.54) is 0 Å². The molecule has 0 aliphatic rings. The van der Waals surface area contributed by atoms with Gasteiger partial charge in [-0.05, 0) is 48.7 Å². The average molecular weight is 327 g/mol. The van der Waals surface area contributed by atoms with E-state index in [4.69, 9.17) is 9.47 Å². The second kappa shape index (κ2) is 7.86. The van der Waals surface area contributed by atoms with Crippen molar-refractivity contribution in [3.8, 4) is 17.2 Å². The van der Waals surface area contributed by atoms with Gasteiger partial charge in [-0.1, -0.05) is 32.9 Å². The molecule has 2 rings (SSSR count). The van der Waals surface area contributed by atoms with Crippen LogP contribution in [-0.2, 0) is 4.79 Å². The van der Waals surface area contributed by atoms with E-state index in [1.54, 1.807) is 0 Å². The number of anilines is 1. The fourth-order valence-electron chi connectivity index (χ4n) is 2.23. The zero-order valence-corrected chi connectivity index (χ0v) is 14.8. The molecule has 4 heteroatoms. The molecule has 0 bridgehead atoms. The number of carbonyl (C=O) groups is 1. The molecule has 0 spiro atoms. The Bertz CT molecular complexity index is 672. The van der Waals surface area contributed by atoms with Gasteiger partial charge in [-0.3, -0.25) is 4.79 Å². The number of ether oxygens (including phenoxy) is 2. The number of benzene rings is 2. The highest BCUT2D eigenvalue weighted by molar-refractivity contribution is 5.92. The van der Waals surface area contributed by atoms with Crippen molar-refractivity contribution in [1.82, 2.24) is 0 Å². The molecule has 0 atom stereocenters. The first-order chi connectivity index (χ1) is 11.4. The van der Waals surface area contributed by atoms with Gasteiger partial charge in [0.05, 0.1) is 12.3 Å². The number of amides is 1. The van der Waals surface area contributed by atoms with Crippen molar-refractivity contribution >= 4 is 11.6 Å². The smallest absolute Gasteiger partial charge is 0.224 e. The van der Waals surface area contributed by atoms with Crippen LogP contribution in [-0.4, -0.2) is 12.5 Å². The van der Waals surface area contributed by atoms with Gasteiger partial charge in [0, 0.05) is 6.42 Å². The van der Waals surface area contributed by atoms with Crippen LogP contribution in [0.25, 0.3) is 0 Å². The zero-order chi connectivity index (χ0) is 17.6. The van der Waals surface area contributed by atoms with Gasteiger partial charge in [0.15, 0.2) is 5.75 Å². The van der Waals surface area contributed by atoms with E-state index >= 15 is 0 Å². The summed E-state index contributed by atoms with van der Waals surface area (Å²) in [6, 6.07) is 14.8. The topological polar surface area (TPSA) is 47.6 Å². The van der Waals surface area contributed by atoms with Crippen molar-refractivity contribution in [2.24, 2.45) is 5.41 Å². The van der Waals surface area contributed by atoms with Gasteiger partial charge in [-0.15, -0.1) is 0 Å². The molecule has 0 heterocycles. The number of hydrogen-bond acceptors (Lipinski definition) is 3. The first-order valence-corrected chi connectivity index (χ1v) is 8.17. The van der Waals surface area contributed by atoms with Gasteiger partial charge < -0.3 is 14.8 Å². The zero-order valence-electron chi connectivity index (χ0n) is 14.8. The molecule has 0 radical (unpaired) electrons. The third-order valence-electron chi connectivity index (χ3n) is 3.21. The first kappa shape index (κ1) is 17.9. The molecule has 24 heavy (non-hydrogen) atoms. The maximum absolute atomic E-state index is 12.2. The van der Waals surface area contributed by atoms with Crippen LogP contribution in [0.1, 0.15) is 34.1 Å². The summed E-state index contributed by atoms with van der Waals surface area (Å²) in [5.74, 6) is 2.08. The standard InChI is InChI=1S/C20H25NO3/c1-5-23-15-10-12-16(13-11-15)24-18-9-7-6-8-17(18)21-19(22)14-20(2,3)4/h6-13H,5,14H2,1-4H3,(H,21,22). The van der Waals surface area contributed by atoms with Crippen molar-refractivity contribution in [1.29, 1.82) is 0 Å². The predicted octanol–water partition coefficient (Wildman–Crippen LogP) is 5.25. The molecule has 1 amide bonds. The number of carbonyl (C=O) groups excluding carboxylic acids is 1. The maximum atomic E-state index is 12.2. The monoisotopic (exact) mass is 327 g/mol. The molecule has 2 aromatic rings. The lowest BCUT2D eigenvalue weighted by Crippen LogP contribution is -2.19. The molecule has 1 N–H and O–H groups in total. The summed E-state index contributed by atoms with van der Waals surface area (Å²) < 4.78 is 11.3. The van der Waals surface area contributed by atoms with E-state index in [1.807, 2.05) is 76.2 Å². The second-order valence-electron chi connectivity index (χ2n) is 6.79. The Morgan fingerprint density at radius 1 is 1.00 bits per heavy atom. The summed E-state index contributed by atoms with van der Waals surface area (Å²) in [5, 5.41) is 2.93. The maximum Gasteiger partial charge on any atom is 0.224 e. The minimum Gasteiger partial charge on any atom is -0.494 e. The van der Waals surface area contributed by atoms with Crippen LogP contribution in [0.2, 0.25) is 0 Å². The van der Waals surface area contributed by atoms with Crippen molar-refractivity contribution < 1.29 is 14.3 Å². The van der Waals surface area contributed by atoms with Crippen LogP contribution in [0, 0.1) is 5.41 Å². The van der Waals surface area contributed by atoms with Gasteiger partial charge in [0.1, 0.15) is 11.5 Å². The number of nitrogens with one attached hydrogen (secondary N) is 1. The van der Waals surface area contributed by atoms with E-state index in [0.29, 0.717) is 30.2 Å². The molecule has 0 aliphatic heterocycles. The Morgan fingerprint density at radius 3 is 2.25 bits per heavy atom. The van der Waals surface area contributed by atoms with E-state index in [2.05, 4.69) is 5.32 Å². The SMILES string of the molecule is CCOc1ccc(Oc2ccccc2NC(=O)CC(C)(C)C)cc1. The van der Waals surface area contributed by atoms with Crippen molar-refractivity contribution in [3.63, 3.8) is 0 Å². The van der Waals surface area contributed by atoms with Crippen molar-refractivity contribution in [2.75, 3.05) is 11.9 Å². The average Bonchev–Trinajstić information content (AvgIpc) is 2.49. The molecule has 0 aromatic heterocycles. The first-order valence-electron chi connectivity index (χ1n) is 8.17. The lowest BCUT2D eigenvalue weighted by Gasteiger charge is -2.18. The van der Waals surface area contributed by atoms with Crippen molar-refractivity contribution in [3.05, 3.63) is 48.5 Å². The van der Waals surface area contributed by atoms with Gasteiger partial charge >= 0.3 is 0 Å². The molecule has 2 aromatic carbocycles. The molecule has 128 valence electrons. The molecule has 0 unspecified atom stereocenters. The van der Waals surface area contributed by atoms with Gasteiger partial charge in [-0.25, -0.2) is 0 Å². The third kappa shape index (κ3) is 5.61. The summed E-state index contributed by atoms with van der Waals surface area (Å²) in [6.45, 7) is 8.68. The minimum absolute atomic E-state index is 0.0229. The van der Waals surface area contributed by atoms with Crippen LogP contribution in [0.3, 0.4) is 0 Å². The summed E-state index contributed by atoms with van der Waals surface area (Å²) in [6.07, 6.45) is 0.449. The Labute approximate surface area is 143 Å². The lowest BCUT2D eigenvalue weighted by atomic mass is 9.92. The molecular formula is C20H25NO3. The van der Waals surface area contributed by atoms with Crippen LogP contribution in [0.5, 0.6) is 17.2 Å². The molecule has 4 nitrogen and oxygen atoms in total. The molecule has 0 saturated heterocycles. The lowest BCUT2D eigenvalue weighted by molar-refractivity contribution is -0.117. The van der Waals surface area contributed by atoms with Crippen molar-refractivity contribution in [2.45, 2.75) is 34.1 Å². The normalized spacial score (nSPS) is 11.0. The van der Waals surface area contributed by atoms with E-state index in [-0.39, 0.29) is 11.3 Å². The van der Waals surface area contributed by atoms with Crippen LogP contribution in [0.4, 0.5) is 5.69 Å². The Kier molecular flexibility index (Phi) is 5.85. The quantitative estimate of drug-likeness (QED) is 0.788. The highest BCUT2D eigenvalue weighted by Gasteiger charge is 2.17. The molecule has 0 saturated carbocycles. The molecule has 0 aliphatic carbocycles. The fraction of sp³-hybridized carbons (Fsp3) is 0.350. The molecular weight excluding hydrogens is 302 g/mol. The van der Waals surface area contributed by atoms with Gasteiger partial charge in [0.2, 0.25) is 5.91 Å². The van der Waals surface area contributed by atoms with Gasteiger partial charge in [0.25, 0.3) is 0 Å². The van der Waals surface area contributed by atoms with Gasteiger partial charge in [-0.2, -0.15) is 0 Å². The predicted molar refractivity (Wildman–Crippen MR) is 96.8 cm³/mol. The Hall–Kier alpha value is -2.49. The minimum atomic E-state index is -0.0605. The summed E-state index contributed by atoms with van der Waals surface area (Å²) in [5.41, 5.74) is 0.607. The summed E-state index contributed by atoms with van der Waals surface area (Å²) >= 11 is 0. The van der Waals surface area contributed by atoms with Crippen LogP contribution < -0.4 is 14.8 Å². The summed E-state index contributed by atoms with van der Waals surface area (Å²) in [7, 11) is 0.